The fraction of sp³-hybridized carbons (Fsp3) is 0.375. The Bertz CT molecular complexity index is 543. The number of anilines is 1. The summed E-state index contributed by atoms with van der Waals surface area (Å²) in [5.74, 6) is 0.927. The molecule has 0 unspecified atom stereocenters. The molecule has 2 aromatic rings. The van der Waals surface area contributed by atoms with Crippen LogP contribution in [-0.4, -0.2) is 27.3 Å². The van der Waals surface area contributed by atoms with Crippen LogP contribution in [0.2, 0.25) is 5.02 Å². The van der Waals surface area contributed by atoms with Crippen molar-refractivity contribution >= 4 is 17.3 Å². The van der Waals surface area contributed by atoms with E-state index in [2.05, 4.69) is 16.3 Å². The van der Waals surface area contributed by atoms with Crippen molar-refractivity contribution in [1.29, 1.82) is 0 Å². The molecule has 0 saturated carbocycles. The summed E-state index contributed by atoms with van der Waals surface area (Å²) < 4.78 is 10.4. The van der Waals surface area contributed by atoms with Gasteiger partial charge < -0.3 is 19.4 Å². The number of methoxy groups -OCH3 is 1. The number of ether oxygens (including phenoxy) is 1. The quantitative estimate of drug-likeness (QED) is 0.759. The third kappa shape index (κ3) is 4.77. The molecule has 5 heteroatoms. The largest absolute Gasteiger partial charge is 0.467 e. The SMILES string of the molecule is COCCNCc1ccc(Cl)cc1N(C)Cc1ccco1. The van der Waals surface area contributed by atoms with Gasteiger partial charge >= 0.3 is 0 Å². The second kappa shape index (κ2) is 8.08. The minimum Gasteiger partial charge on any atom is -0.467 e. The summed E-state index contributed by atoms with van der Waals surface area (Å²) in [6.07, 6.45) is 1.69. The maximum Gasteiger partial charge on any atom is 0.123 e. The summed E-state index contributed by atoms with van der Waals surface area (Å²) in [5, 5.41) is 4.09. The lowest BCUT2D eigenvalue weighted by atomic mass is 10.1. The molecule has 0 atom stereocenters. The van der Waals surface area contributed by atoms with Gasteiger partial charge in [-0.25, -0.2) is 0 Å². The van der Waals surface area contributed by atoms with E-state index in [4.69, 9.17) is 20.8 Å². The third-order valence-electron chi connectivity index (χ3n) is 3.23. The molecule has 0 fully saturated rings. The van der Waals surface area contributed by atoms with Crippen molar-refractivity contribution < 1.29 is 9.15 Å². The van der Waals surface area contributed by atoms with Crippen LogP contribution in [-0.2, 0) is 17.8 Å². The molecule has 0 aliphatic carbocycles. The summed E-state index contributed by atoms with van der Waals surface area (Å²) in [6, 6.07) is 9.82. The first kappa shape index (κ1) is 15.9. The van der Waals surface area contributed by atoms with Gasteiger partial charge in [-0.05, 0) is 29.8 Å². The summed E-state index contributed by atoms with van der Waals surface area (Å²) in [7, 11) is 3.74. The zero-order chi connectivity index (χ0) is 15.1. The molecule has 0 bridgehead atoms. The van der Waals surface area contributed by atoms with Crippen LogP contribution in [0.4, 0.5) is 5.69 Å². The number of nitrogens with zero attached hydrogens (tertiary/aromatic N) is 1. The molecule has 1 aromatic heterocycles. The molecule has 0 aliphatic heterocycles. The summed E-state index contributed by atoms with van der Waals surface area (Å²) >= 11 is 6.14. The van der Waals surface area contributed by atoms with E-state index in [1.165, 1.54) is 5.56 Å². The van der Waals surface area contributed by atoms with Crippen molar-refractivity contribution in [2.75, 3.05) is 32.2 Å². The van der Waals surface area contributed by atoms with Gasteiger partial charge in [-0.2, -0.15) is 0 Å². The van der Waals surface area contributed by atoms with Crippen LogP contribution in [0.3, 0.4) is 0 Å². The molecule has 0 amide bonds. The van der Waals surface area contributed by atoms with Gasteiger partial charge in [0.1, 0.15) is 5.76 Å². The summed E-state index contributed by atoms with van der Waals surface area (Å²) in [6.45, 7) is 3.00. The van der Waals surface area contributed by atoms with E-state index >= 15 is 0 Å². The standard InChI is InChI=1S/C16H21ClN2O2/c1-19(12-15-4-3-8-21-15)16-10-14(17)6-5-13(16)11-18-7-9-20-2/h3-6,8,10,18H,7,9,11-12H2,1-2H3. The predicted molar refractivity (Wildman–Crippen MR) is 85.8 cm³/mol. The lowest BCUT2D eigenvalue weighted by Crippen LogP contribution is -2.22. The second-order valence-corrected chi connectivity index (χ2v) is 5.31. The van der Waals surface area contributed by atoms with Crippen LogP contribution in [0, 0.1) is 0 Å². The first-order valence-corrected chi connectivity index (χ1v) is 7.30. The maximum atomic E-state index is 6.14. The third-order valence-corrected chi connectivity index (χ3v) is 3.47. The van der Waals surface area contributed by atoms with Gasteiger partial charge in [0.15, 0.2) is 0 Å². The lowest BCUT2D eigenvalue weighted by Gasteiger charge is -2.22. The zero-order valence-corrected chi connectivity index (χ0v) is 13.2. The molecule has 0 radical (unpaired) electrons. The number of benzene rings is 1. The molecule has 2 rings (SSSR count). The fourth-order valence-corrected chi connectivity index (χ4v) is 2.33. The first-order valence-electron chi connectivity index (χ1n) is 6.92. The molecule has 21 heavy (non-hydrogen) atoms. The number of furan rings is 1. The first-order chi connectivity index (χ1) is 10.2. The van der Waals surface area contributed by atoms with Crippen LogP contribution in [0.25, 0.3) is 0 Å². The van der Waals surface area contributed by atoms with E-state index in [0.29, 0.717) is 13.2 Å². The number of hydrogen-bond donors (Lipinski definition) is 1. The molecule has 0 aliphatic rings. The van der Waals surface area contributed by atoms with Gasteiger partial charge in [-0.1, -0.05) is 17.7 Å². The van der Waals surface area contributed by atoms with Crippen LogP contribution >= 0.6 is 11.6 Å². The molecular formula is C16H21ClN2O2. The molecular weight excluding hydrogens is 288 g/mol. The Morgan fingerprint density at radius 2 is 2.19 bits per heavy atom. The minimum absolute atomic E-state index is 0.700. The number of hydrogen-bond acceptors (Lipinski definition) is 4. The van der Waals surface area contributed by atoms with E-state index in [1.54, 1.807) is 13.4 Å². The number of rotatable bonds is 8. The predicted octanol–water partition coefficient (Wildman–Crippen LogP) is 3.31. The maximum absolute atomic E-state index is 6.14. The van der Waals surface area contributed by atoms with E-state index in [1.807, 2.05) is 31.3 Å². The van der Waals surface area contributed by atoms with Crippen LogP contribution in [0.5, 0.6) is 0 Å². The van der Waals surface area contributed by atoms with Crippen molar-refractivity contribution in [1.82, 2.24) is 5.32 Å². The Kier molecular flexibility index (Phi) is 6.11. The van der Waals surface area contributed by atoms with Crippen molar-refractivity contribution in [2.24, 2.45) is 0 Å². The van der Waals surface area contributed by atoms with Gasteiger partial charge in [0, 0.05) is 38.0 Å². The highest BCUT2D eigenvalue weighted by atomic mass is 35.5. The van der Waals surface area contributed by atoms with E-state index in [-0.39, 0.29) is 0 Å². The lowest BCUT2D eigenvalue weighted by molar-refractivity contribution is 0.199. The molecule has 1 heterocycles. The Hall–Kier alpha value is -1.49. The van der Waals surface area contributed by atoms with Crippen LogP contribution in [0.15, 0.2) is 41.0 Å². The fourth-order valence-electron chi connectivity index (χ4n) is 2.16. The smallest absolute Gasteiger partial charge is 0.123 e. The molecule has 0 saturated heterocycles. The van der Waals surface area contributed by atoms with Crippen LogP contribution in [0.1, 0.15) is 11.3 Å². The van der Waals surface area contributed by atoms with Crippen LogP contribution < -0.4 is 10.2 Å². The average Bonchev–Trinajstić information content (AvgIpc) is 2.97. The highest BCUT2D eigenvalue weighted by Gasteiger charge is 2.10. The van der Waals surface area contributed by atoms with Gasteiger partial charge in [-0.15, -0.1) is 0 Å². The Labute approximate surface area is 130 Å². The van der Waals surface area contributed by atoms with E-state index in [9.17, 15) is 0 Å². The Balaban J connectivity index is 2.06. The molecule has 114 valence electrons. The summed E-state index contributed by atoms with van der Waals surface area (Å²) in [4.78, 5) is 2.14. The normalized spacial score (nSPS) is 10.8. The van der Waals surface area contributed by atoms with Gasteiger partial charge in [-0.3, -0.25) is 0 Å². The highest BCUT2D eigenvalue weighted by molar-refractivity contribution is 6.30. The van der Waals surface area contributed by atoms with Gasteiger partial charge in [0.2, 0.25) is 0 Å². The molecule has 0 spiro atoms. The van der Waals surface area contributed by atoms with Gasteiger partial charge in [0.05, 0.1) is 19.4 Å². The minimum atomic E-state index is 0.700. The van der Waals surface area contributed by atoms with E-state index < -0.39 is 0 Å². The Morgan fingerprint density at radius 3 is 2.90 bits per heavy atom. The van der Waals surface area contributed by atoms with Crippen molar-refractivity contribution in [3.8, 4) is 0 Å². The Morgan fingerprint density at radius 1 is 1.33 bits per heavy atom. The highest BCUT2D eigenvalue weighted by Crippen LogP contribution is 2.25. The summed E-state index contributed by atoms with van der Waals surface area (Å²) in [5.41, 5.74) is 2.30. The molecule has 1 N–H and O–H groups in total. The van der Waals surface area contributed by atoms with E-state index in [0.717, 1.165) is 29.6 Å². The molecule has 1 aromatic carbocycles. The second-order valence-electron chi connectivity index (χ2n) is 4.88. The zero-order valence-electron chi connectivity index (χ0n) is 12.4. The molecule has 4 nitrogen and oxygen atoms in total. The van der Waals surface area contributed by atoms with Crippen molar-refractivity contribution in [3.05, 3.63) is 52.9 Å². The topological polar surface area (TPSA) is 37.6 Å². The average molecular weight is 309 g/mol. The van der Waals surface area contributed by atoms with Gasteiger partial charge in [0.25, 0.3) is 0 Å². The number of halogens is 1. The van der Waals surface area contributed by atoms with Crippen molar-refractivity contribution in [3.63, 3.8) is 0 Å². The van der Waals surface area contributed by atoms with Crippen molar-refractivity contribution in [2.45, 2.75) is 13.1 Å². The number of nitrogens with one attached hydrogen (secondary N) is 1. The monoisotopic (exact) mass is 308 g/mol.